The van der Waals surface area contributed by atoms with Gasteiger partial charge in [0.05, 0.1) is 21.7 Å². The summed E-state index contributed by atoms with van der Waals surface area (Å²) in [7, 11) is 0. The number of thioether (sulfide) groups is 1. The third-order valence-electron chi connectivity index (χ3n) is 3.30. The first-order valence-electron chi connectivity index (χ1n) is 6.77. The quantitative estimate of drug-likeness (QED) is 0.653. The van der Waals surface area contributed by atoms with Gasteiger partial charge in [-0.2, -0.15) is 4.98 Å². The number of anilines is 2. The van der Waals surface area contributed by atoms with Gasteiger partial charge in [0, 0.05) is 6.20 Å². The first-order chi connectivity index (χ1) is 10.3. The minimum Gasteiger partial charge on any atom is -0.382 e. The smallest absolute Gasteiger partial charge is 0.222 e. The van der Waals surface area contributed by atoms with Crippen molar-refractivity contribution in [1.29, 1.82) is 0 Å². The Bertz CT molecular complexity index is 718. The molecular weight excluding hydrogens is 294 g/mol. The number of nitrogens with zero attached hydrogens (tertiary/aromatic N) is 3. The number of pyridine rings is 1. The topological polar surface area (TPSA) is 90.7 Å². The summed E-state index contributed by atoms with van der Waals surface area (Å²) in [6, 6.07) is 4.04. The molecule has 0 fully saturated rings. The first-order valence-corrected chi connectivity index (χ1v) is 7.99. The second-order valence-corrected chi connectivity index (χ2v) is 6.22. The van der Waals surface area contributed by atoms with E-state index in [0.29, 0.717) is 17.1 Å². The fourth-order valence-corrected chi connectivity index (χ4v) is 2.30. The summed E-state index contributed by atoms with van der Waals surface area (Å²) in [6.07, 6.45) is 3.86. The van der Waals surface area contributed by atoms with Gasteiger partial charge >= 0.3 is 0 Å². The highest BCUT2D eigenvalue weighted by Gasteiger charge is 2.18. The van der Waals surface area contributed by atoms with Crippen LogP contribution in [0.4, 0.5) is 11.8 Å². The number of hydrogen-bond acceptors (Lipinski definition) is 6. The Balaban J connectivity index is 2.37. The van der Waals surface area contributed by atoms with Crippen LogP contribution in [0.2, 0.25) is 0 Å². The van der Waals surface area contributed by atoms with Crippen molar-refractivity contribution in [2.45, 2.75) is 31.2 Å². The van der Waals surface area contributed by atoms with Crippen LogP contribution < -0.4 is 11.5 Å². The van der Waals surface area contributed by atoms with E-state index >= 15 is 0 Å². The molecule has 0 saturated heterocycles. The molecule has 0 aliphatic rings. The molecule has 4 N–H and O–H groups in total. The van der Waals surface area contributed by atoms with Gasteiger partial charge in [-0.05, 0) is 38.7 Å². The van der Waals surface area contributed by atoms with Crippen molar-refractivity contribution in [1.82, 2.24) is 15.0 Å². The molecule has 0 aromatic carbocycles. The SMILES string of the molecule is CSc1ccc(C(C)(C)C#Cc2c(C)nc(N)nc2N)cn1. The van der Waals surface area contributed by atoms with Gasteiger partial charge in [-0.15, -0.1) is 11.8 Å². The van der Waals surface area contributed by atoms with Gasteiger partial charge in [-0.25, -0.2) is 9.97 Å². The highest BCUT2D eigenvalue weighted by Crippen LogP contribution is 2.24. The van der Waals surface area contributed by atoms with E-state index in [1.54, 1.807) is 11.8 Å². The lowest BCUT2D eigenvalue weighted by Crippen LogP contribution is -2.15. The molecule has 2 rings (SSSR count). The van der Waals surface area contributed by atoms with Crippen molar-refractivity contribution >= 4 is 23.5 Å². The maximum atomic E-state index is 5.88. The Morgan fingerprint density at radius 3 is 2.45 bits per heavy atom. The second kappa shape index (κ2) is 6.24. The zero-order chi connectivity index (χ0) is 16.3. The van der Waals surface area contributed by atoms with Crippen LogP contribution in [0.5, 0.6) is 0 Å². The van der Waals surface area contributed by atoms with E-state index in [0.717, 1.165) is 10.6 Å². The molecule has 2 aromatic rings. The number of nitrogens with two attached hydrogens (primary N) is 2. The minimum absolute atomic E-state index is 0.164. The van der Waals surface area contributed by atoms with Crippen LogP contribution in [0.3, 0.4) is 0 Å². The molecule has 5 nitrogen and oxygen atoms in total. The molecule has 0 bridgehead atoms. The molecule has 22 heavy (non-hydrogen) atoms. The third-order valence-corrected chi connectivity index (χ3v) is 3.96. The lowest BCUT2D eigenvalue weighted by molar-refractivity contribution is 0.691. The number of nitrogen functional groups attached to an aromatic ring is 2. The minimum atomic E-state index is -0.357. The van der Waals surface area contributed by atoms with Gasteiger partial charge in [-0.3, -0.25) is 0 Å². The molecule has 114 valence electrons. The highest BCUT2D eigenvalue weighted by molar-refractivity contribution is 7.98. The van der Waals surface area contributed by atoms with E-state index in [1.807, 2.05) is 45.4 Å². The largest absolute Gasteiger partial charge is 0.382 e. The van der Waals surface area contributed by atoms with Crippen molar-refractivity contribution < 1.29 is 0 Å². The molecule has 0 radical (unpaired) electrons. The molecule has 2 heterocycles. The van der Waals surface area contributed by atoms with Crippen molar-refractivity contribution in [3.63, 3.8) is 0 Å². The second-order valence-electron chi connectivity index (χ2n) is 5.39. The molecule has 0 unspecified atom stereocenters. The van der Waals surface area contributed by atoms with Gasteiger partial charge < -0.3 is 11.5 Å². The van der Waals surface area contributed by atoms with Gasteiger partial charge in [0.2, 0.25) is 5.95 Å². The summed E-state index contributed by atoms with van der Waals surface area (Å²) in [6.45, 7) is 5.90. The molecule has 0 amide bonds. The maximum Gasteiger partial charge on any atom is 0.222 e. The number of aromatic nitrogens is 3. The molecule has 6 heteroatoms. The van der Waals surface area contributed by atoms with Crippen molar-refractivity contribution in [3.05, 3.63) is 35.2 Å². The Kier molecular flexibility index (Phi) is 4.57. The van der Waals surface area contributed by atoms with Gasteiger partial charge in [-0.1, -0.05) is 17.9 Å². The molecule has 2 aromatic heterocycles. The Morgan fingerprint density at radius 1 is 1.18 bits per heavy atom. The fraction of sp³-hybridized carbons (Fsp3) is 0.312. The van der Waals surface area contributed by atoms with E-state index in [4.69, 9.17) is 11.5 Å². The summed E-state index contributed by atoms with van der Waals surface area (Å²) >= 11 is 1.61. The standard InChI is InChI=1S/C16H19N5S/c1-10-12(14(17)21-15(18)20-10)7-8-16(2,3)11-5-6-13(22-4)19-9-11/h5-6,9H,1-4H3,(H4,17,18,20,21). The predicted molar refractivity (Wildman–Crippen MR) is 91.5 cm³/mol. The van der Waals surface area contributed by atoms with Gasteiger partial charge in [0.1, 0.15) is 5.82 Å². The van der Waals surface area contributed by atoms with Crippen LogP contribution in [0, 0.1) is 18.8 Å². The molecule has 0 spiro atoms. The zero-order valence-electron chi connectivity index (χ0n) is 13.1. The predicted octanol–water partition coefficient (Wildman–Crippen LogP) is 2.40. The van der Waals surface area contributed by atoms with Crippen molar-refractivity contribution in [3.8, 4) is 11.8 Å². The summed E-state index contributed by atoms with van der Waals surface area (Å²) < 4.78 is 0. The van der Waals surface area contributed by atoms with Crippen LogP contribution in [-0.4, -0.2) is 21.2 Å². The van der Waals surface area contributed by atoms with Crippen LogP contribution in [0.15, 0.2) is 23.4 Å². The zero-order valence-corrected chi connectivity index (χ0v) is 14.0. The lowest BCUT2D eigenvalue weighted by Gasteiger charge is -2.18. The maximum absolute atomic E-state index is 5.88. The molecule has 0 aliphatic carbocycles. The Labute approximate surface area is 135 Å². The average Bonchev–Trinajstić information content (AvgIpc) is 2.46. The van der Waals surface area contributed by atoms with Gasteiger partial charge in [0.25, 0.3) is 0 Å². The monoisotopic (exact) mass is 313 g/mol. The molecule has 0 aliphatic heterocycles. The summed E-state index contributed by atoms with van der Waals surface area (Å²) in [5.74, 6) is 6.79. The number of hydrogen-bond donors (Lipinski definition) is 2. The average molecular weight is 313 g/mol. The van der Waals surface area contributed by atoms with Crippen molar-refractivity contribution in [2.75, 3.05) is 17.7 Å². The normalized spacial score (nSPS) is 10.9. The molecule has 0 atom stereocenters. The Morgan fingerprint density at radius 2 is 1.91 bits per heavy atom. The summed E-state index contributed by atoms with van der Waals surface area (Å²) in [4.78, 5) is 12.5. The summed E-state index contributed by atoms with van der Waals surface area (Å²) in [5, 5.41) is 0.986. The van der Waals surface area contributed by atoms with Crippen molar-refractivity contribution in [2.24, 2.45) is 0 Å². The summed E-state index contributed by atoms with van der Waals surface area (Å²) in [5.41, 5.74) is 13.4. The highest BCUT2D eigenvalue weighted by atomic mass is 32.2. The van der Waals surface area contributed by atoms with E-state index in [1.165, 1.54) is 0 Å². The van der Waals surface area contributed by atoms with E-state index in [-0.39, 0.29) is 11.4 Å². The van der Waals surface area contributed by atoms with E-state index in [2.05, 4.69) is 26.8 Å². The first kappa shape index (κ1) is 16.1. The molecular formula is C16H19N5S. The van der Waals surface area contributed by atoms with Crippen LogP contribution in [-0.2, 0) is 5.41 Å². The van der Waals surface area contributed by atoms with Crippen LogP contribution >= 0.6 is 11.8 Å². The lowest BCUT2D eigenvalue weighted by atomic mass is 9.86. The van der Waals surface area contributed by atoms with E-state index < -0.39 is 0 Å². The van der Waals surface area contributed by atoms with Crippen LogP contribution in [0.25, 0.3) is 0 Å². The fourth-order valence-electron chi connectivity index (χ4n) is 1.93. The number of rotatable bonds is 2. The number of aryl methyl sites for hydroxylation is 1. The Hall–Kier alpha value is -2.26. The third kappa shape index (κ3) is 3.49. The van der Waals surface area contributed by atoms with Gasteiger partial charge in [0.15, 0.2) is 0 Å². The van der Waals surface area contributed by atoms with Crippen LogP contribution in [0.1, 0.15) is 30.7 Å². The van der Waals surface area contributed by atoms with E-state index in [9.17, 15) is 0 Å². The molecule has 0 saturated carbocycles.